The van der Waals surface area contributed by atoms with Crippen molar-refractivity contribution >= 4 is 30.7 Å². The molecule has 0 spiro atoms. The van der Waals surface area contributed by atoms with E-state index in [9.17, 15) is 9.18 Å². The quantitative estimate of drug-likeness (QED) is 0.876. The summed E-state index contributed by atoms with van der Waals surface area (Å²) in [6.07, 6.45) is 2.59. The number of amides is 1. The standard InChI is InChI=1S/C15H16FN3O2.2ClH/c16-11-3-1-10(2-4-11)15-19-13(9-21-15)7-14(20)18-12-5-6-17-8-12;;/h1-4,9,12,17H,5-8H2,(H,18,20);2*1H. The molecule has 3 rings (SSSR count). The first-order chi connectivity index (χ1) is 10.2. The van der Waals surface area contributed by atoms with Crippen LogP contribution in [0.4, 0.5) is 4.39 Å². The fraction of sp³-hybridized carbons (Fsp3) is 0.333. The van der Waals surface area contributed by atoms with Gasteiger partial charge in [-0.2, -0.15) is 0 Å². The predicted octanol–water partition coefficient (Wildman–Crippen LogP) is 2.34. The van der Waals surface area contributed by atoms with Crippen LogP contribution in [0.1, 0.15) is 12.1 Å². The first kappa shape index (κ1) is 19.4. The molecule has 1 amide bonds. The van der Waals surface area contributed by atoms with Crippen molar-refractivity contribution in [2.75, 3.05) is 13.1 Å². The molecule has 8 heteroatoms. The Morgan fingerprint density at radius 1 is 1.35 bits per heavy atom. The second kappa shape index (κ2) is 8.86. The molecular formula is C15H18Cl2FN3O2. The van der Waals surface area contributed by atoms with Crippen molar-refractivity contribution in [1.29, 1.82) is 0 Å². The zero-order valence-corrected chi connectivity index (χ0v) is 13.9. The highest BCUT2D eigenvalue weighted by Gasteiger charge is 2.17. The van der Waals surface area contributed by atoms with Gasteiger partial charge in [0, 0.05) is 18.2 Å². The Morgan fingerprint density at radius 2 is 2.09 bits per heavy atom. The van der Waals surface area contributed by atoms with Crippen LogP contribution in [-0.2, 0) is 11.2 Å². The average molecular weight is 362 g/mol. The third-order valence-electron chi connectivity index (χ3n) is 3.41. The number of halogens is 3. The molecule has 1 aromatic heterocycles. The van der Waals surface area contributed by atoms with E-state index in [-0.39, 0.29) is 49.0 Å². The number of hydrogen-bond donors (Lipinski definition) is 2. The molecule has 1 aliphatic heterocycles. The molecule has 23 heavy (non-hydrogen) atoms. The van der Waals surface area contributed by atoms with E-state index in [2.05, 4.69) is 15.6 Å². The Morgan fingerprint density at radius 3 is 2.74 bits per heavy atom. The number of benzene rings is 1. The van der Waals surface area contributed by atoms with Gasteiger partial charge in [-0.3, -0.25) is 4.79 Å². The third-order valence-corrected chi connectivity index (χ3v) is 3.41. The molecule has 2 aromatic rings. The summed E-state index contributed by atoms with van der Waals surface area (Å²) in [5.74, 6) is 0.0121. The predicted molar refractivity (Wildman–Crippen MR) is 89.5 cm³/mol. The molecule has 1 fully saturated rings. The summed E-state index contributed by atoms with van der Waals surface area (Å²) in [7, 11) is 0. The van der Waals surface area contributed by atoms with Gasteiger partial charge in [0.05, 0.1) is 12.1 Å². The van der Waals surface area contributed by atoms with Crippen molar-refractivity contribution in [2.45, 2.75) is 18.9 Å². The summed E-state index contributed by atoms with van der Waals surface area (Å²) >= 11 is 0. The van der Waals surface area contributed by atoms with Gasteiger partial charge >= 0.3 is 0 Å². The number of carbonyl (C=O) groups excluding carboxylic acids is 1. The Labute approximate surface area is 145 Å². The van der Waals surface area contributed by atoms with E-state index in [1.54, 1.807) is 12.1 Å². The van der Waals surface area contributed by atoms with E-state index < -0.39 is 0 Å². The SMILES string of the molecule is Cl.Cl.O=C(Cc1coc(-c2ccc(F)cc2)n1)NC1CCNC1. The minimum absolute atomic E-state index is 0. The summed E-state index contributed by atoms with van der Waals surface area (Å²) in [4.78, 5) is 16.1. The van der Waals surface area contributed by atoms with Crippen LogP contribution in [0.25, 0.3) is 11.5 Å². The summed E-state index contributed by atoms with van der Waals surface area (Å²) in [5, 5.41) is 6.14. The van der Waals surface area contributed by atoms with Crippen LogP contribution in [0, 0.1) is 5.82 Å². The molecular weight excluding hydrogens is 344 g/mol. The van der Waals surface area contributed by atoms with E-state index in [0.29, 0.717) is 17.1 Å². The molecule has 0 saturated carbocycles. The molecule has 2 heterocycles. The monoisotopic (exact) mass is 361 g/mol. The lowest BCUT2D eigenvalue weighted by Crippen LogP contribution is -2.37. The third kappa shape index (κ3) is 5.20. The Balaban J connectivity index is 0.00000132. The smallest absolute Gasteiger partial charge is 0.226 e. The molecule has 2 N–H and O–H groups in total. The van der Waals surface area contributed by atoms with E-state index >= 15 is 0 Å². The fourth-order valence-corrected chi connectivity index (χ4v) is 2.33. The second-order valence-corrected chi connectivity index (χ2v) is 5.08. The van der Waals surface area contributed by atoms with Crippen molar-refractivity contribution in [3.05, 3.63) is 42.0 Å². The molecule has 0 radical (unpaired) electrons. The molecule has 1 aromatic carbocycles. The number of nitrogens with one attached hydrogen (secondary N) is 2. The van der Waals surface area contributed by atoms with Crippen molar-refractivity contribution < 1.29 is 13.6 Å². The van der Waals surface area contributed by atoms with Gasteiger partial charge in [-0.1, -0.05) is 0 Å². The minimum atomic E-state index is -0.310. The van der Waals surface area contributed by atoms with E-state index in [0.717, 1.165) is 19.5 Å². The van der Waals surface area contributed by atoms with Gasteiger partial charge in [0.25, 0.3) is 0 Å². The highest BCUT2D eigenvalue weighted by Crippen LogP contribution is 2.19. The van der Waals surface area contributed by atoms with Crippen molar-refractivity contribution in [1.82, 2.24) is 15.6 Å². The summed E-state index contributed by atoms with van der Waals surface area (Å²) < 4.78 is 18.2. The van der Waals surface area contributed by atoms with E-state index in [1.807, 2.05) is 0 Å². The molecule has 1 unspecified atom stereocenters. The van der Waals surface area contributed by atoms with Gasteiger partial charge in [0.2, 0.25) is 11.8 Å². The number of hydrogen-bond acceptors (Lipinski definition) is 4. The maximum absolute atomic E-state index is 12.9. The maximum atomic E-state index is 12.9. The normalized spacial score (nSPS) is 16.3. The van der Waals surface area contributed by atoms with Crippen molar-refractivity contribution in [3.63, 3.8) is 0 Å². The summed E-state index contributed by atoms with van der Waals surface area (Å²) in [5.41, 5.74) is 1.25. The molecule has 0 aliphatic carbocycles. The molecule has 1 aliphatic rings. The van der Waals surface area contributed by atoms with Gasteiger partial charge < -0.3 is 15.1 Å². The highest BCUT2D eigenvalue weighted by molar-refractivity contribution is 5.85. The maximum Gasteiger partial charge on any atom is 0.226 e. The first-order valence-corrected chi connectivity index (χ1v) is 6.91. The number of carbonyl (C=O) groups is 1. The van der Waals surface area contributed by atoms with Crippen molar-refractivity contribution in [3.8, 4) is 11.5 Å². The minimum Gasteiger partial charge on any atom is -0.444 e. The van der Waals surface area contributed by atoms with Gasteiger partial charge in [-0.25, -0.2) is 9.37 Å². The van der Waals surface area contributed by atoms with Crippen LogP contribution >= 0.6 is 24.8 Å². The zero-order valence-electron chi connectivity index (χ0n) is 12.3. The molecule has 1 saturated heterocycles. The summed E-state index contributed by atoms with van der Waals surface area (Å²) in [6, 6.07) is 6.07. The Hall–Kier alpha value is -1.63. The van der Waals surface area contributed by atoms with Crippen LogP contribution in [-0.4, -0.2) is 30.0 Å². The van der Waals surface area contributed by atoms with Gasteiger partial charge in [0.1, 0.15) is 12.1 Å². The second-order valence-electron chi connectivity index (χ2n) is 5.08. The van der Waals surface area contributed by atoms with Gasteiger partial charge in [0.15, 0.2) is 0 Å². The largest absolute Gasteiger partial charge is 0.444 e. The fourth-order valence-electron chi connectivity index (χ4n) is 2.33. The van der Waals surface area contributed by atoms with Crippen molar-refractivity contribution in [2.24, 2.45) is 0 Å². The van der Waals surface area contributed by atoms with Crippen LogP contribution in [0.2, 0.25) is 0 Å². The molecule has 5 nitrogen and oxygen atoms in total. The number of nitrogens with zero attached hydrogens (tertiary/aromatic N) is 1. The number of rotatable bonds is 4. The molecule has 126 valence electrons. The van der Waals surface area contributed by atoms with E-state index in [4.69, 9.17) is 4.42 Å². The van der Waals surface area contributed by atoms with Crippen LogP contribution < -0.4 is 10.6 Å². The van der Waals surface area contributed by atoms with E-state index in [1.165, 1.54) is 18.4 Å². The lowest BCUT2D eigenvalue weighted by atomic mass is 10.2. The van der Waals surface area contributed by atoms with Crippen LogP contribution in [0.5, 0.6) is 0 Å². The Bertz CT molecular complexity index is 628. The molecule has 1 atom stereocenters. The van der Waals surface area contributed by atoms with Gasteiger partial charge in [-0.05, 0) is 37.2 Å². The highest BCUT2D eigenvalue weighted by atomic mass is 35.5. The lowest BCUT2D eigenvalue weighted by molar-refractivity contribution is -0.121. The van der Waals surface area contributed by atoms with Crippen LogP contribution in [0.15, 0.2) is 34.9 Å². The van der Waals surface area contributed by atoms with Crippen LogP contribution in [0.3, 0.4) is 0 Å². The lowest BCUT2D eigenvalue weighted by Gasteiger charge is -2.09. The number of aromatic nitrogens is 1. The first-order valence-electron chi connectivity index (χ1n) is 6.91. The summed E-state index contributed by atoms with van der Waals surface area (Å²) in [6.45, 7) is 1.75. The topological polar surface area (TPSA) is 67.2 Å². The average Bonchev–Trinajstić information content (AvgIpc) is 3.11. The Kier molecular flexibility index (Phi) is 7.48. The zero-order chi connectivity index (χ0) is 14.7. The molecule has 0 bridgehead atoms. The number of oxazole rings is 1. The van der Waals surface area contributed by atoms with Gasteiger partial charge in [-0.15, -0.1) is 24.8 Å².